The molecule has 1 aromatic carbocycles. The van der Waals surface area contributed by atoms with Crippen LogP contribution >= 0.6 is 23.2 Å². The molecule has 2 aromatic rings. The Hall–Kier alpha value is -1.56. The largest absolute Gasteiger partial charge is 0.331 e. The summed E-state index contributed by atoms with van der Waals surface area (Å²) in [4.78, 5) is 15.0. The summed E-state index contributed by atoms with van der Waals surface area (Å²) in [6, 6.07) is 5.84. The number of carbonyl (C=O) groups excluding carboxylic acids is 1. The summed E-state index contributed by atoms with van der Waals surface area (Å²) in [6.07, 6.45) is 6.54. The highest BCUT2D eigenvalue weighted by atomic mass is 35.5. The third-order valence-electron chi connectivity index (χ3n) is 4.87. The van der Waals surface area contributed by atoms with Crippen molar-refractivity contribution in [3.63, 3.8) is 0 Å². The highest BCUT2D eigenvalue weighted by Gasteiger charge is 2.38. The topological polar surface area (TPSA) is 50.2 Å². The number of halogens is 2. The number of rotatable bonds is 2. The average Bonchev–Trinajstić information content (AvgIpc) is 3.10. The predicted molar refractivity (Wildman–Crippen MR) is 94.1 cm³/mol. The van der Waals surface area contributed by atoms with Gasteiger partial charge in [-0.2, -0.15) is 5.10 Å². The molecule has 4 rings (SSSR count). The molecule has 0 saturated carbocycles. The van der Waals surface area contributed by atoms with E-state index in [0.717, 1.165) is 32.4 Å². The van der Waals surface area contributed by atoms with Crippen molar-refractivity contribution in [2.75, 3.05) is 13.1 Å². The number of nitrogens with one attached hydrogen (secondary N) is 1. The quantitative estimate of drug-likeness (QED) is 0.890. The Labute approximate surface area is 150 Å². The molecule has 1 N–H and O–H groups in total. The highest BCUT2D eigenvalue weighted by Crippen LogP contribution is 2.30. The van der Waals surface area contributed by atoms with Crippen molar-refractivity contribution < 1.29 is 4.79 Å². The summed E-state index contributed by atoms with van der Waals surface area (Å²) >= 11 is 12.2. The Balaban J connectivity index is 1.61. The molecule has 0 radical (unpaired) electrons. The summed E-state index contributed by atoms with van der Waals surface area (Å²) in [7, 11) is 0. The second kappa shape index (κ2) is 6.39. The molecule has 2 atom stereocenters. The molecule has 7 heteroatoms. The number of aromatic nitrogens is 2. The molecule has 2 unspecified atom stereocenters. The number of nitrogens with zero attached hydrogens (tertiary/aromatic N) is 3. The molecule has 1 aromatic heterocycles. The van der Waals surface area contributed by atoms with Crippen LogP contribution < -0.4 is 5.32 Å². The number of amides is 1. The van der Waals surface area contributed by atoms with Gasteiger partial charge in [-0.1, -0.05) is 23.2 Å². The molecule has 126 valence electrons. The zero-order valence-corrected chi connectivity index (χ0v) is 14.6. The van der Waals surface area contributed by atoms with Gasteiger partial charge in [-0.3, -0.25) is 4.79 Å². The number of carbonyl (C=O) groups is 1. The van der Waals surface area contributed by atoms with Gasteiger partial charge in [0, 0.05) is 29.8 Å². The smallest absolute Gasteiger partial charge is 0.257 e. The number of hydrogen-bond acceptors (Lipinski definition) is 3. The highest BCUT2D eigenvalue weighted by molar-refractivity contribution is 6.35. The molecule has 5 nitrogen and oxygen atoms in total. The van der Waals surface area contributed by atoms with Gasteiger partial charge in [-0.15, -0.1) is 0 Å². The second-order valence-corrected chi connectivity index (χ2v) is 7.20. The Morgan fingerprint density at radius 2 is 2.04 bits per heavy atom. The Bertz CT molecular complexity index is 762. The van der Waals surface area contributed by atoms with Gasteiger partial charge in [-0.25, -0.2) is 4.68 Å². The number of fused-ring (bicyclic) bond motifs is 2. The van der Waals surface area contributed by atoms with Gasteiger partial charge in [0.1, 0.15) is 0 Å². The minimum absolute atomic E-state index is 0.0579. The van der Waals surface area contributed by atoms with E-state index in [0.29, 0.717) is 27.3 Å². The lowest BCUT2D eigenvalue weighted by molar-refractivity contribution is 0.0680. The van der Waals surface area contributed by atoms with Crippen LogP contribution in [0.3, 0.4) is 0 Å². The van der Waals surface area contributed by atoms with E-state index in [-0.39, 0.29) is 11.9 Å². The van der Waals surface area contributed by atoms with Crippen molar-refractivity contribution in [1.29, 1.82) is 0 Å². The van der Waals surface area contributed by atoms with Crippen LogP contribution in [0.25, 0.3) is 5.69 Å². The minimum Gasteiger partial charge on any atom is -0.331 e. The predicted octanol–water partition coefficient (Wildman–Crippen LogP) is 3.15. The van der Waals surface area contributed by atoms with Crippen molar-refractivity contribution >= 4 is 29.1 Å². The van der Waals surface area contributed by atoms with E-state index in [1.807, 2.05) is 4.90 Å². The van der Waals surface area contributed by atoms with Gasteiger partial charge in [0.2, 0.25) is 0 Å². The minimum atomic E-state index is 0.0579. The van der Waals surface area contributed by atoms with E-state index in [4.69, 9.17) is 23.2 Å². The summed E-state index contributed by atoms with van der Waals surface area (Å²) in [5, 5.41) is 8.80. The van der Waals surface area contributed by atoms with Crippen LogP contribution in [0.2, 0.25) is 10.0 Å². The summed E-state index contributed by atoms with van der Waals surface area (Å²) in [6.45, 7) is 1.85. The molecule has 0 spiro atoms. The third kappa shape index (κ3) is 2.81. The maximum atomic E-state index is 13.0. The van der Waals surface area contributed by atoms with Gasteiger partial charge < -0.3 is 10.2 Å². The first-order valence-electron chi connectivity index (χ1n) is 8.17. The normalized spacial score (nSPS) is 23.3. The van der Waals surface area contributed by atoms with E-state index in [1.165, 1.54) is 0 Å². The Morgan fingerprint density at radius 1 is 1.21 bits per heavy atom. The fraction of sp³-hybridized carbons (Fsp3) is 0.412. The molecule has 3 heterocycles. The molecule has 2 saturated heterocycles. The molecule has 1 amide bonds. The first kappa shape index (κ1) is 15.9. The first-order chi connectivity index (χ1) is 11.6. The van der Waals surface area contributed by atoms with Crippen LogP contribution in [0.5, 0.6) is 0 Å². The van der Waals surface area contributed by atoms with Crippen LogP contribution in [-0.2, 0) is 0 Å². The molecule has 2 fully saturated rings. The summed E-state index contributed by atoms with van der Waals surface area (Å²) < 4.78 is 1.63. The van der Waals surface area contributed by atoms with Crippen molar-refractivity contribution in [1.82, 2.24) is 20.0 Å². The zero-order valence-electron chi connectivity index (χ0n) is 13.1. The summed E-state index contributed by atoms with van der Waals surface area (Å²) in [5.41, 5.74) is 1.31. The number of hydrogen-bond donors (Lipinski definition) is 1. The van der Waals surface area contributed by atoms with Crippen molar-refractivity contribution in [2.24, 2.45) is 0 Å². The van der Waals surface area contributed by atoms with Gasteiger partial charge in [0.15, 0.2) is 0 Å². The maximum absolute atomic E-state index is 13.0. The standard InChI is InChI=1S/C17H18Cl2N4O/c18-12-1-4-16(15(19)7-12)22-10-11(8-21-22)17(24)23-13-2-3-14(23)9-20-6-5-13/h1,4,7-8,10,13-14,20H,2-3,5-6,9H2. The van der Waals surface area contributed by atoms with Crippen molar-refractivity contribution in [2.45, 2.75) is 31.3 Å². The Morgan fingerprint density at radius 3 is 2.88 bits per heavy atom. The van der Waals surface area contributed by atoms with Crippen LogP contribution in [0.1, 0.15) is 29.6 Å². The fourth-order valence-electron chi connectivity index (χ4n) is 3.70. The van der Waals surface area contributed by atoms with E-state index in [1.54, 1.807) is 35.3 Å². The van der Waals surface area contributed by atoms with Crippen LogP contribution in [0, 0.1) is 0 Å². The van der Waals surface area contributed by atoms with E-state index >= 15 is 0 Å². The first-order valence-corrected chi connectivity index (χ1v) is 8.92. The monoisotopic (exact) mass is 364 g/mol. The molecule has 0 aliphatic carbocycles. The van der Waals surface area contributed by atoms with E-state index in [9.17, 15) is 4.79 Å². The Kier molecular flexibility index (Phi) is 4.24. The SMILES string of the molecule is O=C(c1cnn(-c2ccc(Cl)cc2Cl)c1)N1C2CCNCC1CC2. The average molecular weight is 365 g/mol. The lowest BCUT2D eigenvalue weighted by Crippen LogP contribution is -2.42. The molecule has 2 aliphatic heterocycles. The van der Waals surface area contributed by atoms with E-state index < -0.39 is 0 Å². The lowest BCUT2D eigenvalue weighted by atomic mass is 10.1. The molecule has 2 bridgehead atoms. The molecule has 2 aliphatic rings. The van der Waals surface area contributed by atoms with Gasteiger partial charge in [0.25, 0.3) is 5.91 Å². The zero-order chi connectivity index (χ0) is 16.7. The van der Waals surface area contributed by atoms with Crippen LogP contribution in [0.15, 0.2) is 30.6 Å². The van der Waals surface area contributed by atoms with Crippen molar-refractivity contribution in [3.8, 4) is 5.69 Å². The second-order valence-electron chi connectivity index (χ2n) is 6.36. The van der Waals surface area contributed by atoms with Gasteiger partial charge in [0.05, 0.1) is 22.5 Å². The summed E-state index contributed by atoms with van der Waals surface area (Å²) in [5.74, 6) is 0.0579. The molecule has 24 heavy (non-hydrogen) atoms. The maximum Gasteiger partial charge on any atom is 0.257 e. The van der Waals surface area contributed by atoms with Gasteiger partial charge >= 0.3 is 0 Å². The fourth-order valence-corrected chi connectivity index (χ4v) is 4.19. The van der Waals surface area contributed by atoms with Crippen molar-refractivity contribution in [3.05, 3.63) is 46.2 Å². The lowest BCUT2D eigenvalue weighted by Gasteiger charge is -2.27. The van der Waals surface area contributed by atoms with Crippen LogP contribution in [0.4, 0.5) is 0 Å². The van der Waals surface area contributed by atoms with E-state index in [2.05, 4.69) is 10.4 Å². The molecular weight excluding hydrogens is 347 g/mol. The molecular formula is C17H18Cl2N4O. The number of benzene rings is 1. The van der Waals surface area contributed by atoms with Gasteiger partial charge in [-0.05, 0) is 44.0 Å². The third-order valence-corrected chi connectivity index (χ3v) is 5.41. The van der Waals surface area contributed by atoms with Crippen LogP contribution in [-0.4, -0.2) is 45.8 Å².